The molecule has 0 aliphatic heterocycles. The summed E-state index contributed by atoms with van der Waals surface area (Å²) in [7, 11) is 0. The van der Waals surface area contributed by atoms with Gasteiger partial charge in [-0.1, -0.05) is 23.2 Å². The number of hydrogen-bond acceptors (Lipinski definition) is 5. The molecule has 3 rings (SSSR count). The SMILES string of the molecule is O=[N+]([O-])c1cc(Cl)ccc1OCc1ncc(-c2ccc(Cl)cc2)o1. The second kappa shape index (κ2) is 6.90. The molecular formula is C16H10Cl2N2O4. The topological polar surface area (TPSA) is 78.4 Å². The smallest absolute Gasteiger partial charge is 0.312 e. The normalized spacial score (nSPS) is 10.6. The lowest BCUT2D eigenvalue weighted by atomic mass is 10.2. The molecule has 1 heterocycles. The van der Waals surface area contributed by atoms with E-state index in [1.165, 1.54) is 18.2 Å². The molecule has 8 heteroatoms. The molecule has 0 saturated carbocycles. The van der Waals surface area contributed by atoms with Crippen LogP contribution in [0.4, 0.5) is 5.69 Å². The molecule has 0 spiro atoms. The Morgan fingerprint density at radius 1 is 1.12 bits per heavy atom. The van der Waals surface area contributed by atoms with E-state index in [4.69, 9.17) is 32.4 Å². The van der Waals surface area contributed by atoms with Crippen molar-refractivity contribution < 1.29 is 14.1 Å². The summed E-state index contributed by atoms with van der Waals surface area (Å²) >= 11 is 11.6. The third-order valence-corrected chi connectivity index (χ3v) is 3.64. The molecule has 0 amide bonds. The summed E-state index contributed by atoms with van der Waals surface area (Å²) < 4.78 is 11.0. The maximum atomic E-state index is 11.0. The van der Waals surface area contributed by atoms with E-state index < -0.39 is 4.92 Å². The van der Waals surface area contributed by atoms with Crippen LogP contribution in [0.2, 0.25) is 10.0 Å². The minimum atomic E-state index is -0.560. The first kappa shape index (κ1) is 16.3. The Hall–Kier alpha value is -2.57. The van der Waals surface area contributed by atoms with Gasteiger partial charge in [0, 0.05) is 21.7 Å². The number of ether oxygens (including phenoxy) is 1. The zero-order valence-corrected chi connectivity index (χ0v) is 13.6. The first-order valence-corrected chi connectivity index (χ1v) is 7.56. The van der Waals surface area contributed by atoms with Gasteiger partial charge in [-0.2, -0.15) is 0 Å². The highest BCUT2D eigenvalue weighted by Crippen LogP contribution is 2.30. The number of nitrogens with zero attached hydrogens (tertiary/aromatic N) is 2. The zero-order valence-electron chi connectivity index (χ0n) is 12.1. The fourth-order valence-corrected chi connectivity index (χ4v) is 2.31. The lowest BCUT2D eigenvalue weighted by Gasteiger charge is -2.04. The monoisotopic (exact) mass is 364 g/mol. The van der Waals surface area contributed by atoms with Gasteiger partial charge in [-0.3, -0.25) is 10.1 Å². The molecule has 0 atom stereocenters. The molecule has 0 N–H and O–H groups in total. The van der Waals surface area contributed by atoms with Crippen molar-refractivity contribution in [2.75, 3.05) is 0 Å². The van der Waals surface area contributed by atoms with Gasteiger partial charge in [-0.25, -0.2) is 4.98 Å². The second-order valence-corrected chi connectivity index (χ2v) is 5.66. The van der Waals surface area contributed by atoms with Crippen LogP contribution in [0.3, 0.4) is 0 Å². The van der Waals surface area contributed by atoms with Crippen LogP contribution in [-0.4, -0.2) is 9.91 Å². The predicted octanol–water partition coefficient (Wildman–Crippen LogP) is 5.14. The molecule has 24 heavy (non-hydrogen) atoms. The lowest BCUT2D eigenvalue weighted by molar-refractivity contribution is -0.385. The summed E-state index contributed by atoms with van der Waals surface area (Å²) in [5.74, 6) is 0.940. The van der Waals surface area contributed by atoms with Gasteiger partial charge in [0.15, 0.2) is 18.1 Å². The predicted molar refractivity (Wildman–Crippen MR) is 89.4 cm³/mol. The van der Waals surface area contributed by atoms with Crippen molar-refractivity contribution in [2.24, 2.45) is 0 Å². The highest BCUT2D eigenvalue weighted by molar-refractivity contribution is 6.31. The third kappa shape index (κ3) is 3.67. The third-order valence-electron chi connectivity index (χ3n) is 3.15. The van der Waals surface area contributed by atoms with Crippen molar-refractivity contribution in [3.05, 3.63) is 74.7 Å². The fraction of sp³-hybridized carbons (Fsp3) is 0.0625. The Labute approximate surface area is 146 Å². The van der Waals surface area contributed by atoms with E-state index in [0.29, 0.717) is 16.7 Å². The molecule has 0 aliphatic rings. The van der Waals surface area contributed by atoms with Crippen molar-refractivity contribution in [3.63, 3.8) is 0 Å². The summed E-state index contributed by atoms with van der Waals surface area (Å²) in [6.07, 6.45) is 1.55. The molecule has 6 nitrogen and oxygen atoms in total. The number of aromatic nitrogens is 1. The standard InChI is InChI=1S/C16H10Cl2N2O4/c17-11-3-1-10(2-4-11)15-8-19-16(24-15)9-23-14-6-5-12(18)7-13(14)20(21)22/h1-8H,9H2. The van der Waals surface area contributed by atoms with Gasteiger partial charge in [-0.15, -0.1) is 0 Å². The second-order valence-electron chi connectivity index (χ2n) is 4.78. The van der Waals surface area contributed by atoms with E-state index >= 15 is 0 Å². The van der Waals surface area contributed by atoms with Crippen LogP contribution < -0.4 is 4.74 Å². The van der Waals surface area contributed by atoms with Crippen LogP contribution >= 0.6 is 23.2 Å². The molecule has 122 valence electrons. The Balaban J connectivity index is 1.74. The molecule has 1 aromatic heterocycles. The van der Waals surface area contributed by atoms with Crippen LogP contribution in [0.15, 0.2) is 53.1 Å². The number of oxazole rings is 1. The molecular weight excluding hydrogens is 355 g/mol. The number of halogens is 2. The van der Waals surface area contributed by atoms with Crippen LogP contribution in [0.25, 0.3) is 11.3 Å². The molecule has 2 aromatic carbocycles. The van der Waals surface area contributed by atoms with Crippen LogP contribution in [0, 0.1) is 10.1 Å². The van der Waals surface area contributed by atoms with Gasteiger partial charge in [0.1, 0.15) is 0 Å². The summed E-state index contributed by atoms with van der Waals surface area (Å²) in [6.45, 7) is -0.0456. The molecule has 0 unspecified atom stereocenters. The molecule has 0 radical (unpaired) electrons. The van der Waals surface area contributed by atoms with Gasteiger partial charge >= 0.3 is 5.69 Å². The molecule has 0 bridgehead atoms. The number of hydrogen-bond donors (Lipinski definition) is 0. The van der Waals surface area contributed by atoms with Crippen molar-refractivity contribution in [1.82, 2.24) is 4.98 Å². The quantitative estimate of drug-likeness (QED) is 0.462. The van der Waals surface area contributed by atoms with Crippen LogP contribution in [0.1, 0.15) is 5.89 Å². The van der Waals surface area contributed by atoms with E-state index in [1.807, 2.05) is 0 Å². The maximum absolute atomic E-state index is 11.0. The van der Waals surface area contributed by atoms with Crippen molar-refractivity contribution in [3.8, 4) is 17.1 Å². The summed E-state index contributed by atoms with van der Waals surface area (Å²) in [5, 5.41) is 11.9. The van der Waals surface area contributed by atoms with Crippen LogP contribution in [-0.2, 0) is 6.61 Å². The van der Waals surface area contributed by atoms with Gasteiger partial charge in [0.05, 0.1) is 11.1 Å². The van der Waals surface area contributed by atoms with Crippen LogP contribution in [0.5, 0.6) is 5.75 Å². The largest absolute Gasteiger partial charge is 0.477 e. The van der Waals surface area contributed by atoms with E-state index in [2.05, 4.69) is 4.98 Å². The highest BCUT2D eigenvalue weighted by atomic mass is 35.5. The average molecular weight is 365 g/mol. The molecule has 0 aliphatic carbocycles. The number of nitro groups is 1. The first-order valence-electron chi connectivity index (χ1n) is 6.80. The highest BCUT2D eigenvalue weighted by Gasteiger charge is 2.17. The van der Waals surface area contributed by atoms with Gasteiger partial charge in [0.25, 0.3) is 0 Å². The van der Waals surface area contributed by atoms with Gasteiger partial charge < -0.3 is 9.15 Å². The first-order chi connectivity index (χ1) is 11.5. The molecule has 3 aromatic rings. The Bertz CT molecular complexity index is 878. The minimum absolute atomic E-state index is 0.0456. The molecule has 0 saturated heterocycles. The van der Waals surface area contributed by atoms with Crippen molar-refractivity contribution in [2.45, 2.75) is 6.61 Å². The molecule has 0 fully saturated rings. The minimum Gasteiger partial charge on any atom is -0.477 e. The van der Waals surface area contributed by atoms with Crippen molar-refractivity contribution in [1.29, 1.82) is 0 Å². The summed E-state index contributed by atoms with van der Waals surface area (Å²) in [6, 6.07) is 11.3. The number of rotatable bonds is 5. The maximum Gasteiger partial charge on any atom is 0.312 e. The fourth-order valence-electron chi connectivity index (χ4n) is 2.02. The summed E-state index contributed by atoms with van der Waals surface area (Å²) in [4.78, 5) is 14.6. The Morgan fingerprint density at radius 3 is 2.54 bits per heavy atom. The average Bonchev–Trinajstić information content (AvgIpc) is 3.03. The van der Waals surface area contributed by atoms with Crippen molar-refractivity contribution >= 4 is 28.9 Å². The zero-order chi connectivity index (χ0) is 17.1. The Kier molecular flexibility index (Phi) is 4.69. The summed E-state index contributed by atoms with van der Waals surface area (Å²) in [5.41, 5.74) is 0.600. The number of benzene rings is 2. The van der Waals surface area contributed by atoms with E-state index in [-0.39, 0.29) is 23.1 Å². The Morgan fingerprint density at radius 2 is 1.83 bits per heavy atom. The van der Waals surface area contributed by atoms with E-state index in [0.717, 1.165) is 5.56 Å². The van der Waals surface area contributed by atoms with E-state index in [9.17, 15) is 10.1 Å². The van der Waals surface area contributed by atoms with Gasteiger partial charge in [-0.05, 0) is 36.4 Å². The lowest BCUT2D eigenvalue weighted by Crippen LogP contribution is -1.99. The number of nitro benzene ring substituents is 1. The van der Waals surface area contributed by atoms with E-state index in [1.54, 1.807) is 30.5 Å². The van der Waals surface area contributed by atoms with Gasteiger partial charge in [0.2, 0.25) is 5.89 Å².